The van der Waals surface area contributed by atoms with Crippen molar-refractivity contribution in [2.75, 3.05) is 7.11 Å². The van der Waals surface area contributed by atoms with Crippen LogP contribution >= 0.6 is 0 Å². The average molecular weight is 283 g/mol. The van der Waals surface area contributed by atoms with Gasteiger partial charge < -0.3 is 9.84 Å². The predicted molar refractivity (Wildman–Crippen MR) is 80.2 cm³/mol. The summed E-state index contributed by atoms with van der Waals surface area (Å²) < 4.78 is 7.05. The quantitative estimate of drug-likeness (QED) is 0.798. The molecule has 1 N–H and O–H groups in total. The van der Waals surface area contributed by atoms with E-state index in [0.717, 1.165) is 27.9 Å². The molecule has 0 saturated heterocycles. The Labute approximate surface area is 122 Å². The van der Waals surface area contributed by atoms with E-state index in [9.17, 15) is 5.11 Å². The second kappa shape index (κ2) is 5.54. The predicted octanol–water partition coefficient (Wildman–Crippen LogP) is 2.25. The third-order valence-electron chi connectivity index (χ3n) is 3.68. The third kappa shape index (κ3) is 2.48. The Kier molecular flexibility index (Phi) is 3.58. The van der Waals surface area contributed by atoms with Crippen LogP contribution in [0.5, 0.6) is 5.75 Å². The van der Waals surface area contributed by atoms with Gasteiger partial charge in [0, 0.05) is 18.9 Å². The van der Waals surface area contributed by atoms with Crippen LogP contribution in [0, 0.1) is 0 Å². The molecule has 5 heteroatoms. The zero-order chi connectivity index (χ0) is 14.8. The van der Waals surface area contributed by atoms with E-state index in [2.05, 4.69) is 10.1 Å². The van der Waals surface area contributed by atoms with Gasteiger partial charge in [-0.1, -0.05) is 30.3 Å². The van der Waals surface area contributed by atoms with Gasteiger partial charge in [0.25, 0.3) is 0 Å². The molecular formula is C16H17N3O2. The largest absolute Gasteiger partial charge is 0.496 e. The second-order valence-electron chi connectivity index (χ2n) is 4.92. The summed E-state index contributed by atoms with van der Waals surface area (Å²) >= 11 is 0. The molecule has 108 valence electrons. The lowest BCUT2D eigenvalue weighted by Gasteiger charge is -2.15. The molecule has 1 heterocycles. The zero-order valence-corrected chi connectivity index (χ0v) is 12.0. The number of aliphatic hydroxyl groups excluding tert-OH is 1. The van der Waals surface area contributed by atoms with Crippen molar-refractivity contribution in [3.63, 3.8) is 0 Å². The zero-order valence-electron chi connectivity index (χ0n) is 12.0. The lowest BCUT2D eigenvalue weighted by molar-refractivity contribution is 0.176. The maximum atomic E-state index is 10.6. The van der Waals surface area contributed by atoms with Crippen LogP contribution in [-0.4, -0.2) is 27.0 Å². The lowest BCUT2D eigenvalue weighted by atomic mass is 9.98. The number of benzene rings is 2. The van der Waals surface area contributed by atoms with Crippen LogP contribution in [0.4, 0.5) is 0 Å². The molecule has 0 spiro atoms. The lowest BCUT2D eigenvalue weighted by Crippen LogP contribution is -2.08. The Morgan fingerprint density at radius 1 is 1.19 bits per heavy atom. The Bertz CT molecular complexity index is 767. The molecule has 0 fully saturated rings. The van der Waals surface area contributed by atoms with E-state index in [1.165, 1.54) is 6.33 Å². The molecule has 0 saturated carbocycles. The first kappa shape index (κ1) is 13.6. The number of aryl methyl sites for hydroxylation is 1. The van der Waals surface area contributed by atoms with Crippen molar-refractivity contribution in [3.05, 3.63) is 54.1 Å². The van der Waals surface area contributed by atoms with Gasteiger partial charge in [0.2, 0.25) is 0 Å². The van der Waals surface area contributed by atoms with E-state index in [1.54, 1.807) is 11.8 Å². The number of methoxy groups -OCH3 is 1. The Morgan fingerprint density at radius 2 is 1.95 bits per heavy atom. The minimum absolute atomic E-state index is 0.423. The van der Waals surface area contributed by atoms with Gasteiger partial charge in [-0.15, -0.1) is 0 Å². The van der Waals surface area contributed by atoms with Crippen molar-refractivity contribution < 1.29 is 9.84 Å². The fraction of sp³-hybridized carbons (Fsp3) is 0.250. The second-order valence-corrected chi connectivity index (χ2v) is 4.92. The fourth-order valence-corrected chi connectivity index (χ4v) is 2.55. The van der Waals surface area contributed by atoms with Crippen LogP contribution in [0.2, 0.25) is 0 Å². The van der Waals surface area contributed by atoms with Crippen molar-refractivity contribution in [1.29, 1.82) is 0 Å². The monoisotopic (exact) mass is 283 g/mol. The van der Waals surface area contributed by atoms with Gasteiger partial charge in [0.1, 0.15) is 17.9 Å². The normalized spacial score (nSPS) is 12.5. The summed E-state index contributed by atoms with van der Waals surface area (Å²) in [6, 6.07) is 11.7. The van der Waals surface area contributed by atoms with Gasteiger partial charge in [-0.2, -0.15) is 5.10 Å². The number of rotatable bonds is 4. The smallest absolute Gasteiger partial charge is 0.138 e. The molecule has 0 aliphatic carbocycles. The molecule has 2 aromatic carbocycles. The first-order chi connectivity index (χ1) is 10.2. The molecule has 0 amide bonds. The maximum absolute atomic E-state index is 10.6. The fourth-order valence-electron chi connectivity index (χ4n) is 2.55. The van der Waals surface area contributed by atoms with Gasteiger partial charge >= 0.3 is 0 Å². The Hall–Kier alpha value is -2.40. The van der Waals surface area contributed by atoms with Crippen molar-refractivity contribution in [3.8, 4) is 5.75 Å². The highest BCUT2D eigenvalue weighted by atomic mass is 16.5. The summed E-state index contributed by atoms with van der Waals surface area (Å²) in [6.07, 6.45) is 1.28. The highest BCUT2D eigenvalue weighted by Gasteiger charge is 2.16. The Morgan fingerprint density at radius 3 is 2.62 bits per heavy atom. The molecule has 1 unspecified atom stereocenters. The van der Waals surface area contributed by atoms with Crippen LogP contribution in [0.15, 0.2) is 42.7 Å². The maximum Gasteiger partial charge on any atom is 0.138 e. The number of aromatic nitrogens is 3. The molecule has 0 bridgehead atoms. The molecule has 1 atom stereocenters. The third-order valence-corrected chi connectivity index (χ3v) is 3.68. The van der Waals surface area contributed by atoms with Crippen molar-refractivity contribution >= 4 is 10.8 Å². The number of ether oxygens (including phenoxy) is 1. The van der Waals surface area contributed by atoms with E-state index >= 15 is 0 Å². The van der Waals surface area contributed by atoms with Gasteiger partial charge in [-0.25, -0.2) is 4.98 Å². The highest BCUT2D eigenvalue weighted by Crippen LogP contribution is 2.32. The van der Waals surface area contributed by atoms with Gasteiger partial charge in [-0.3, -0.25) is 4.68 Å². The standard InChI is InChI=1S/C16H17N3O2/c1-19-16(17-10-18-19)9-14(20)12-7-8-15(21-2)13-6-4-3-5-11(12)13/h3-8,10,14,20H,9H2,1-2H3. The molecule has 3 aromatic rings. The first-order valence-electron chi connectivity index (χ1n) is 6.77. The van der Waals surface area contributed by atoms with Crippen molar-refractivity contribution in [2.45, 2.75) is 12.5 Å². The van der Waals surface area contributed by atoms with E-state index < -0.39 is 6.10 Å². The number of hydrogen-bond donors (Lipinski definition) is 1. The van der Waals surface area contributed by atoms with Crippen molar-refractivity contribution in [1.82, 2.24) is 14.8 Å². The number of aliphatic hydroxyl groups is 1. The van der Waals surface area contributed by atoms with Gasteiger partial charge in [-0.05, 0) is 17.0 Å². The SMILES string of the molecule is COc1ccc(C(O)Cc2ncnn2C)c2ccccc12. The number of nitrogens with zero attached hydrogens (tertiary/aromatic N) is 3. The molecule has 1 aromatic heterocycles. The van der Waals surface area contributed by atoms with Crippen LogP contribution < -0.4 is 4.74 Å². The number of hydrogen-bond acceptors (Lipinski definition) is 4. The van der Waals surface area contributed by atoms with Gasteiger partial charge in [0.05, 0.1) is 13.2 Å². The van der Waals surface area contributed by atoms with E-state index in [1.807, 2.05) is 43.4 Å². The molecular weight excluding hydrogens is 266 g/mol. The van der Waals surface area contributed by atoms with E-state index in [4.69, 9.17) is 4.74 Å². The summed E-state index contributed by atoms with van der Waals surface area (Å²) in [7, 11) is 3.47. The van der Waals surface area contributed by atoms with Gasteiger partial charge in [0.15, 0.2) is 0 Å². The van der Waals surface area contributed by atoms with Crippen LogP contribution in [0.3, 0.4) is 0 Å². The molecule has 0 radical (unpaired) electrons. The van der Waals surface area contributed by atoms with E-state index in [-0.39, 0.29) is 0 Å². The highest BCUT2D eigenvalue weighted by molar-refractivity contribution is 5.91. The first-order valence-corrected chi connectivity index (χ1v) is 6.77. The number of fused-ring (bicyclic) bond motifs is 1. The molecule has 5 nitrogen and oxygen atoms in total. The summed E-state index contributed by atoms with van der Waals surface area (Å²) in [6.45, 7) is 0. The molecule has 21 heavy (non-hydrogen) atoms. The van der Waals surface area contributed by atoms with Crippen LogP contribution in [0.1, 0.15) is 17.5 Å². The Balaban J connectivity index is 2.02. The summed E-state index contributed by atoms with van der Waals surface area (Å²) in [4.78, 5) is 4.16. The minimum atomic E-state index is -0.635. The summed E-state index contributed by atoms with van der Waals surface area (Å²) in [5, 5.41) is 16.6. The van der Waals surface area contributed by atoms with Crippen LogP contribution in [-0.2, 0) is 13.5 Å². The molecule has 3 rings (SSSR count). The topological polar surface area (TPSA) is 60.2 Å². The average Bonchev–Trinajstić information content (AvgIpc) is 2.91. The molecule has 0 aliphatic heterocycles. The summed E-state index contributed by atoms with van der Waals surface area (Å²) in [5.41, 5.74) is 0.870. The van der Waals surface area contributed by atoms with Crippen LogP contribution in [0.25, 0.3) is 10.8 Å². The summed E-state index contributed by atoms with van der Waals surface area (Å²) in [5.74, 6) is 1.56. The molecule has 0 aliphatic rings. The van der Waals surface area contributed by atoms with E-state index in [0.29, 0.717) is 6.42 Å². The minimum Gasteiger partial charge on any atom is -0.496 e. The van der Waals surface area contributed by atoms with Crippen molar-refractivity contribution in [2.24, 2.45) is 7.05 Å².